The van der Waals surface area contributed by atoms with Crippen molar-refractivity contribution in [1.82, 2.24) is 0 Å². The van der Waals surface area contributed by atoms with Gasteiger partial charge in [-0.05, 0) is 17.5 Å². The fourth-order valence-electron chi connectivity index (χ4n) is 2.61. The molecule has 0 heterocycles. The lowest BCUT2D eigenvalue weighted by molar-refractivity contribution is 0.0709. The zero-order valence-corrected chi connectivity index (χ0v) is 9.91. The standard InChI is InChI=1S/C16H14O2/c17-15(11-6-2-1-3-7-11)14-10-12-8-4-5-9-13(12)16(14)18/h1-9,14-15,17H,10H2/t14-,15+/m1/s1. The molecule has 2 heteroatoms. The summed E-state index contributed by atoms with van der Waals surface area (Å²) in [6, 6.07) is 17.0. The Balaban J connectivity index is 1.91. The van der Waals surface area contributed by atoms with E-state index in [-0.39, 0.29) is 11.7 Å². The van der Waals surface area contributed by atoms with Crippen molar-refractivity contribution in [2.75, 3.05) is 0 Å². The second kappa shape index (κ2) is 4.39. The molecule has 90 valence electrons. The molecular formula is C16H14O2. The first kappa shape index (κ1) is 11.2. The molecular weight excluding hydrogens is 224 g/mol. The molecule has 0 aromatic heterocycles. The highest BCUT2D eigenvalue weighted by atomic mass is 16.3. The summed E-state index contributed by atoms with van der Waals surface area (Å²) in [6.45, 7) is 0. The Kier molecular flexibility index (Phi) is 2.73. The van der Waals surface area contributed by atoms with E-state index in [9.17, 15) is 9.90 Å². The number of benzene rings is 2. The maximum atomic E-state index is 12.3. The van der Waals surface area contributed by atoms with Gasteiger partial charge in [0.15, 0.2) is 5.78 Å². The highest BCUT2D eigenvalue weighted by molar-refractivity contribution is 6.02. The number of aliphatic hydroxyl groups is 1. The van der Waals surface area contributed by atoms with Crippen LogP contribution in [0.25, 0.3) is 0 Å². The molecule has 0 bridgehead atoms. The van der Waals surface area contributed by atoms with Crippen molar-refractivity contribution in [2.24, 2.45) is 5.92 Å². The van der Waals surface area contributed by atoms with E-state index in [0.29, 0.717) is 6.42 Å². The summed E-state index contributed by atoms with van der Waals surface area (Å²) in [7, 11) is 0. The predicted molar refractivity (Wildman–Crippen MR) is 69.4 cm³/mol. The number of fused-ring (bicyclic) bond motifs is 1. The molecule has 0 amide bonds. The Labute approximate surface area is 106 Å². The van der Waals surface area contributed by atoms with Crippen molar-refractivity contribution >= 4 is 5.78 Å². The van der Waals surface area contributed by atoms with Crippen LogP contribution in [0.2, 0.25) is 0 Å². The molecule has 2 nitrogen and oxygen atoms in total. The summed E-state index contributed by atoms with van der Waals surface area (Å²) in [4.78, 5) is 12.3. The first-order valence-electron chi connectivity index (χ1n) is 6.12. The molecule has 1 N–H and O–H groups in total. The Hall–Kier alpha value is -1.93. The number of Topliss-reactive ketones (excluding diaryl/α,β-unsaturated/α-hetero) is 1. The van der Waals surface area contributed by atoms with Crippen molar-refractivity contribution in [1.29, 1.82) is 0 Å². The summed E-state index contributed by atoms with van der Waals surface area (Å²) in [5, 5.41) is 10.3. The van der Waals surface area contributed by atoms with E-state index in [2.05, 4.69) is 0 Å². The Bertz CT molecular complexity index is 575. The quantitative estimate of drug-likeness (QED) is 0.873. The molecule has 2 atom stereocenters. The highest BCUT2D eigenvalue weighted by Crippen LogP contribution is 2.34. The van der Waals surface area contributed by atoms with Gasteiger partial charge >= 0.3 is 0 Å². The van der Waals surface area contributed by atoms with Gasteiger partial charge < -0.3 is 5.11 Å². The maximum absolute atomic E-state index is 12.3. The van der Waals surface area contributed by atoms with Crippen LogP contribution in [0.1, 0.15) is 27.6 Å². The topological polar surface area (TPSA) is 37.3 Å². The van der Waals surface area contributed by atoms with Gasteiger partial charge in [-0.2, -0.15) is 0 Å². The van der Waals surface area contributed by atoms with Gasteiger partial charge in [-0.3, -0.25) is 4.79 Å². The molecule has 18 heavy (non-hydrogen) atoms. The number of hydrogen-bond acceptors (Lipinski definition) is 2. The molecule has 1 aliphatic carbocycles. The zero-order chi connectivity index (χ0) is 12.5. The summed E-state index contributed by atoms with van der Waals surface area (Å²) in [5.74, 6) is -0.285. The van der Waals surface area contributed by atoms with E-state index in [1.165, 1.54) is 0 Å². The van der Waals surface area contributed by atoms with Crippen molar-refractivity contribution in [3.05, 3.63) is 71.3 Å². The average Bonchev–Trinajstić information content (AvgIpc) is 2.77. The minimum Gasteiger partial charge on any atom is -0.388 e. The van der Waals surface area contributed by atoms with Crippen molar-refractivity contribution in [3.8, 4) is 0 Å². The lowest BCUT2D eigenvalue weighted by atomic mass is 9.92. The van der Waals surface area contributed by atoms with Gasteiger partial charge in [0, 0.05) is 5.56 Å². The number of aliphatic hydroxyl groups excluding tert-OH is 1. The molecule has 0 saturated heterocycles. The van der Waals surface area contributed by atoms with Gasteiger partial charge in [-0.15, -0.1) is 0 Å². The summed E-state index contributed by atoms with van der Waals surface area (Å²) < 4.78 is 0. The van der Waals surface area contributed by atoms with Crippen LogP contribution in [0.5, 0.6) is 0 Å². The van der Waals surface area contributed by atoms with E-state index in [1.807, 2.05) is 54.6 Å². The third-order valence-electron chi connectivity index (χ3n) is 3.58. The average molecular weight is 238 g/mol. The number of carbonyl (C=O) groups excluding carboxylic acids is 1. The molecule has 2 aromatic carbocycles. The molecule has 0 fully saturated rings. The number of ketones is 1. The Morgan fingerprint density at radius 3 is 2.39 bits per heavy atom. The van der Waals surface area contributed by atoms with E-state index in [1.54, 1.807) is 0 Å². The van der Waals surface area contributed by atoms with Crippen LogP contribution in [0.3, 0.4) is 0 Å². The van der Waals surface area contributed by atoms with E-state index in [0.717, 1.165) is 16.7 Å². The fraction of sp³-hybridized carbons (Fsp3) is 0.188. The molecule has 2 aromatic rings. The Morgan fingerprint density at radius 1 is 1.00 bits per heavy atom. The van der Waals surface area contributed by atoms with E-state index < -0.39 is 6.10 Å². The van der Waals surface area contributed by atoms with Crippen LogP contribution in [0.15, 0.2) is 54.6 Å². The van der Waals surface area contributed by atoms with Crippen LogP contribution in [0.4, 0.5) is 0 Å². The van der Waals surface area contributed by atoms with Crippen LogP contribution < -0.4 is 0 Å². The van der Waals surface area contributed by atoms with Gasteiger partial charge in [0.2, 0.25) is 0 Å². The van der Waals surface area contributed by atoms with Crippen LogP contribution >= 0.6 is 0 Å². The highest BCUT2D eigenvalue weighted by Gasteiger charge is 2.35. The second-order valence-electron chi connectivity index (χ2n) is 4.69. The predicted octanol–water partition coefficient (Wildman–Crippen LogP) is 2.78. The molecule has 0 aliphatic heterocycles. The number of rotatable bonds is 2. The third-order valence-corrected chi connectivity index (χ3v) is 3.58. The zero-order valence-electron chi connectivity index (χ0n) is 9.91. The summed E-state index contributed by atoms with van der Waals surface area (Å²) in [6.07, 6.45) is -0.0865. The summed E-state index contributed by atoms with van der Waals surface area (Å²) in [5.41, 5.74) is 2.61. The van der Waals surface area contributed by atoms with Gasteiger partial charge in [-0.1, -0.05) is 54.6 Å². The first-order chi connectivity index (χ1) is 8.77. The second-order valence-corrected chi connectivity index (χ2v) is 4.69. The SMILES string of the molecule is O=C1c2ccccc2C[C@@H]1[C@@H](O)c1ccccc1. The third kappa shape index (κ3) is 1.75. The lowest BCUT2D eigenvalue weighted by Crippen LogP contribution is -2.18. The van der Waals surface area contributed by atoms with Gasteiger partial charge in [-0.25, -0.2) is 0 Å². The summed E-state index contributed by atoms with van der Waals surface area (Å²) >= 11 is 0. The monoisotopic (exact) mass is 238 g/mol. The van der Waals surface area contributed by atoms with Crippen LogP contribution in [0, 0.1) is 5.92 Å². The largest absolute Gasteiger partial charge is 0.388 e. The maximum Gasteiger partial charge on any atom is 0.169 e. The normalized spacial score (nSPS) is 19.6. The van der Waals surface area contributed by atoms with E-state index in [4.69, 9.17) is 0 Å². The number of hydrogen-bond donors (Lipinski definition) is 1. The van der Waals surface area contributed by atoms with Crippen molar-refractivity contribution < 1.29 is 9.90 Å². The van der Waals surface area contributed by atoms with Crippen molar-refractivity contribution in [2.45, 2.75) is 12.5 Å². The van der Waals surface area contributed by atoms with Gasteiger partial charge in [0.05, 0.1) is 12.0 Å². The minimum absolute atomic E-state index is 0.0574. The van der Waals surface area contributed by atoms with E-state index >= 15 is 0 Å². The molecule has 1 aliphatic rings. The molecule has 3 rings (SSSR count). The fourth-order valence-corrected chi connectivity index (χ4v) is 2.61. The first-order valence-corrected chi connectivity index (χ1v) is 6.12. The van der Waals surface area contributed by atoms with Crippen LogP contribution in [-0.2, 0) is 6.42 Å². The molecule has 0 unspecified atom stereocenters. The van der Waals surface area contributed by atoms with Gasteiger partial charge in [0.1, 0.15) is 0 Å². The smallest absolute Gasteiger partial charge is 0.169 e. The van der Waals surface area contributed by atoms with Crippen LogP contribution in [-0.4, -0.2) is 10.9 Å². The lowest BCUT2D eigenvalue weighted by Gasteiger charge is -2.16. The number of carbonyl (C=O) groups is 1. The minimum atomic E-state index is -0.717. The Morgan fingerprint density at radius 2 is 1.67 bits per heavy atom. The van der Waals surface area contributed by atoms with Crippen molar-refractivity contribution in [3.63, 3.8) is 0 Å². The molecule has 0 saturated carbocycles. The van der Waals surface area contributed by atoms with Gasteiger partial charge in [0.25, 0.3) is 0 Å². The molecule has 0 spiro atoms. The molecule has 0 radical (unpaired) electrons.